The van der Waals surface area contributed by atoms with Gasteiger partial charge in [0.25, 0.3) is 0 Å². The molecular formula is C12H17ClN. The van der Waals surface area contributed by atoms with Gasteiger partial charge in [0.2, 0.25) is 0 Å². The molecular weight excluding hydrogens is 194 g/mol. The third kappa shape index (κ3) is 4.64. The van der Waals surface area contributed by atoms with E-state index in [1.165, 1.54) is 5.56 Å². The molecule has 1 radical (unpaired) electrons. The molecule has 0 fully saturated rings. The van der Waals surface area contributed by atoms with E-state index in [2.05, 4.69) is 6.07 Å². The van der Waals surface area contributed by atoms with Crippen molar-refractivity contribution in [1.29, 1.82) is 0 Å². The predicted octanol–water partition coefficient (Wildman–Crippen LogP) is 3.72. The van der Waals surface area contributed by atoms with Crippen LogP contribution in [0.15, 0.2) is 24.3 Å². The first-order chi connectivity index (χ1) is 6.68. The first-order valence-electron chi connectivity index (χ1n) is 5.14. The number of unbranched alkanes of at least 4 members (excludes halogenated alkanes) is 1. The van der Waals surface area contributed by atoms with Crippen molar-refractivity contribution < 1.29 is 0 Å². The SMILES string of the molecule is CC([NH])CCCCc1cccc(Cl)c1. The molecule has 0 amide bonds. The van der Waals surface area contributed by atoms with Crippen LogP contribution in [0.3, 0.4) is 0 Å². The molecule has 0 heterocycles. The van der Waals surface area contributed by atoms with Crippen molar-refractivity contribution in [1.82, 2.24) is 5.73 Å². The molecule has 0 aliphatic carbocycles. The molecule has 0 saturated heterocycles. The molecule has 0 aliphatic rings. The molecule has 0 saturated carbocycles. The molecule has 14 heavy (non-hydrogen) atoms. The molecule has 1 nitrogen and oxygen atoms in total. The van der Waals surface area contributed by atoms with E-state index in [0.29, 0.717) is 0 Å². The number of hydrogen-bond acceptors (Lipinski definition) is 0. The number of aryl methyl sites for hydroxylation is 1. The summed E-state index contributed by atoms with van der Waals surface area (Å²) < 4.78 is 0. The van der Waals surface area contributed by atoms with Crippen molar-refractivity contribution in [2.45, 2.75) is 38.6 Å². The minimum atomic E-state index is 0.0781. The maximum Gasteiger partial charge on any atom is 0.0408 e. The van der Waals surface area contributed by atoms with Gasteiger partial charge in [0.05, 0.1) is 0 Å². The van der Waals surface area contributed by atoms with Gasteiger partial charge in [-0.3, -0.25) is 5.73 Å². The average Bonchev–Trinajstić information content (AvgIpc) is 2.12. The van der Waals surface area contributed by atoms with E-state index in [-0.39, 0.29) is 6.04 Å². The summed E-state index contributed by atoms with van der Waals surface area (Å²) >= 11 is 5.88. The molecule has 2 heteroatoms. The van der Waals surface area contributed by atoms with E-state index < -0.39 is 0 Å². The van der Waals surface area contributed by atoms with Crippen LogP contribution in [0.5, 0.6) is 0 Å². The number of benzene rings is 1. The largest absolute Gasteiger partial charge is 0.255 e. The minimum absolute atomic E-state index is 0.0781. The highest BCUT2D eigenvalue weighted by atomic mass is 35.5. The lowest BCUT2D eigenvalue weighted by Gasteiger charge is -2.04. The summed E-state index contributed by atoms with van der Waals surface area (Å²) in [6, 6.07) is 8.10. The third-order valence-corrected chi connectivity index (χ3v) is 2.48. The number of nitrogens with one attached hydrogen (secondary N) is 1. The van der Waals surface area contributed by atoms with Crippen molar-refractivity contribution in [3.63, 3.8) is 0 Å². The number of halogens is 1. The lowest BCUT2D eigenvalue weighted by Crippen LogP contribution is -2.01. The van der Waals surface area contributed by atoms with Gasteiger partial charge in [0.15, 0.2) is 0 Å². The Labute approximate surface area is 91.3 Å². The Hall–Kier alpha value is -0.530. The molecule has 1 aromatic carbocycles. The molecule has 1 rings (SSSR count). The highest BCUT2D eigenvalue weighted by Gasteiger charge is 1.97. The first kappa shape index (κ1) is 11.5. The van der Waals surface area contributed by atoms with Gasteiger partial charge in [0.1, 0.15) is 0 Å². The molecule has 0 aromatic heterocycles. The zero-order chi connectivity index (χ0) is 10.4. The maximum atomic E-state index is 7.37. The Balaban J connectivity index is 2.25. The smallest absolute Gasteiger partial charge is 0.0408 e. The molecule has 0 bridgehead atoms. The Morgan fingerprint density at radius 2 is 2.14 bits per heavy atom. The minimum Gasteiger partial charge on any atom is -0.255 e. The van der Waals surface area contributed by atoms with E-state index in [1.54, 1.807) is 0 Å². The summed E-state index contributed by atoms with van der Waals surface area (Å²) in [6.45, 7) is 1.94. The van der Waals surface area contributed by atoms with Crippen LogP contribution < -0.4 is 5.73 Å². The van der Waals surface area contributed by atoms with E-state index in [1.807, 2.05) is 25.1 Å². The second kappa shape index (κ2) is 6.05. The monoisotopic (exact) mass is 210 g/mol. The molecule has 1 atom stereocenters. The van der Waals surface area contributed by atoms with Crippen molar-refractivity contribution >= 4 is 11.6 Å². The molecule has 0 spiro atoms. The summed E-state index contributed by atoms with van der Waals surface area (Å²) in [7, 11) is 0. The highest BCUT2D eigenvalue weighted by Crippen LogP contribution is 2.13. The van der Waals surface area contributed by atoms with Gasteiger partial charge in [-0.1, -0.05) is 30.2 Å². The zero-order valence-electron chi connectivity index (χ0n) is 8.59. The average molecular weight is 211 g/mol. The van der Waals surface area contributed by atoms with Gasteiger partial charge in [0, 0.05) is 11.1 Å². The van der Waals surface area contributed by atoms with Crippen LogP contribution in [-0.2, 0) is 6.42 Å². The highest BCUT2D eigenvalue weighted by molar-refractivity contribution is 6.30. The molecule has 77 valence electrons. The van der Waals surface area contributed by atoms with Gasteiger partial charge in [-0.05, 0) is 43.9 Å². The van der Waals surface area contributed by atoms with E-state index in [4.69, 9.17) is 17.3 Å². The van der Waals surface area contributed by atoms with Crippen LogP contribution in [-0.4, -0.2) is 6.04 Å². The van der Waals surface area contributed by atoms with Gasteiger partial charge in [-0.25, -0.2) is 0 Å². The summed E-state index contributed by atoms with van der Waals surface area (Å²) in [5.41, 5.74) is 8.67. The fourth-order valence-electron chi connectivity index (χ4n) is 1.47. The van der Waals surface area contributed by atoms with Crippen LogP contribution in [0.4, 0.5) is 0 Å². The van der Waals surface area contributed by atoms with E-state index in [9.17, 15) is 0 Å². The van der Waals surface area contributed by atoms with Gasteiger partial charge >= 0.3 is 0 Å². The summed E-state index contributed by atoms with van der Waals surface area (Å²) in [6.07, 6.45) is 4.37. The van der Waals surface area contributed by atoms with Gasteiger partial charge in [-0.2, -0.15) is 0 Å². The Morgan fingerprint density at radius 3 is 2.79 bits per heavy atom. The predicted molar refractivity (Wildman–Crippen MR) is 61.6 cm³/mol. The quantitative estimate of drug-likeness (QED) is 0.662. The Morgan fingerprint density at radius 1 is 1.36 bits per heavy atom. The topological polar surface area (TPSA) is 23.8 Å². The number of hydrogen-bond donors (Lipinski definition) is 0. The summed E-state index contributed by atoms with van der Waals surface area (Å²) in [4.78, 5) is 0. The summed E-state index contributed by atoms with van der Waals surface area (Å²) in [5.74, 6) is 0. The fraction of sp³-hybridized carbons (Fsp3) is 0.500. The van der Waals surface area contributed by atoms with Crippen LogP contribution in [0.1, 0.15) is 31.7 Å². The van der Waals surface area contributed by atoms with Crippen LogP contribution in [0, 0.1) is 0 Å². The lowest BCUT2D eigenvalue weighted by molar-refractivity contribution is 0.586. The van der Waals surface area contributed by atoms with E-state index in [0.717, 1.165) is 30.7 Å². The fourth-order valence-corrected chi connectivity index (χ4v) is 1.69. The number of rotatable bonds is 5. The maximum absolute atomic E-state index is 7.37. The molecule has 0 aliphatic heterocycles. The van der Waals surface area contributed by atoms with Crippen LogP contribution >= 0.6 is 11.6 Å². The van der Waals surface area contributed by atoms with Crippen molar-refractivity contribution in [3.8, 4) is 0 Å². The van der Waals surface area contributed by atoms with E-state index >= 15 is 0 Å². The third-order valence-electron chi connectivity index (χ3n) is 2.24. The van der Waals surface area contributed by atoms with Gasteiger partial charge in [-0.15, -0.1) is 0 Å². The lowest BCUT2D eigenvalue weighted by atomic mass is 10.1. The Bertz CT molecular complexity index is 271. The molecule has 1 N–H and O–H groups in total. The zero-order valence-corrected chi connectivity index (χ0v) is 9.35. The van der Waals surface area contributed by atoms with Crippen LogP contribution in [0.25, 0.3) is 0 Å². The first-order valence-corrected chi connectivity index (χ1v) is 5.52. The van der Waals surface area contributed by atoms with Crippen molar-refractivity contribution in [2.75, 3.05) is 0 Å². The second-order valence-electron chi connectivity index (χ2n) is 3.78. The second-order valence-corrected chi connectivity index (χ2v) is 4.21. The van der Waals surface area contributed by atoms with Crippen LogP contribution in [0.2, 0.25) is 5.02 Å². The standard InChI is InChI=1S/C12H17ClN/c1-10(14)5-2-3-6-11-7-4-8-12(13)9-11/h4,7-10,14H,2-3,5-6H2,1H3. The Kier molecular flexibility index (Phi) is 4.99. The van der Waals surface area contributed by atoms with Gasteiger partial charge < -0.3 is 0 Å². The van der Waals surface area contributed by atoms with Crippen molar-refractivity contribution in [3.05, 3.63) is 34.9 Å². The van der Waals surface area contributed by atoms with Crippen molar-refractivity contribution in [2.24, 2.45) is 0 Å². The normalized spacial score (nSPS) is 12.8. The summed E-state index contributed by atoms with van der Waals surface area (Å²) in [5, 5.41) is 0.816. The molecule has 1 aromatic rings. The molecule has 1 unspecified atom stereocenters.